The van der Waals surface area contributed by atoms with Crippen molar-refractivity contribution in [3.05, 3.63) is 46.3 Å². The minimum absolute atomic E-state index is 0.182. The summed E-state index contributed by atoms with van der Waals surface area (Å²) in [6.07, 6.45) is 9.11. The number of aliphatic hydroxyl groups excluding tert-OH is 1. The summed E-state index contributed by atoms with van der Waals surface area (Å²) in [4.78, 5) is 28.6. The molecule has 0 radical (unpaired) electrons. The van der Waals surface area contributed by atoms with Crippen molar-refractivity contribution in [1.82, 2.24) is 19.8 Å². The number of fused-ring (bicyclic) bond motifs is 2. The van der Waals surface area contributed by atoms with Crippen molar-refractivity contribution in [2.45, 2.75) is 32.2 Å². The number of aliphatic hydroxyl groups is 1. The first kappa shape index (κ1) is 22.6. The van der Waals surface area contributed by atoms with Gasteiger partial charge in [0.05, 0.1) is 15.9 Å². The molecule has 1 N–H and O–H groups in total. The van der Waals surface area contributed by atoms with Crippen LogP contribution in [0.3, 0.4) is 0 Å². The Kier molecular flexibility index (Phi) is 6.26. The molecular formula is C27H31N5O2S. The van der Waals surface area contributed by atoms with Crippen molar-refractivity contribution in [3.8, 4) is 11.3 Å². The van der Waals surface area contributed by atoms with Gasteiger partial charge in [0.15, 0.2) is 0 Å². The second-order valence-electron chi connectivity index (χ2n) is 9.66. The first-order chi connectivity index (χ1) is 17.2. The fourth-order valence-electron chi connectivity index (χ4n) is 5.48. The van der Waals surface area contributed by atoms with E-state index < -0.39 is 6.61 Å². The number of benzene rings is 1. The fourth-order valence-corrected chi connectivity index (χ4v) is 6.48. The smallest absolute Gasteiger partial charge is 0.248 e. The molecule has 35 heavy (non-hydrogen) atoms. The van der Waals surface area contributed by atoms with Crippen LogP contribution in [0, 0.1) is 0 Å². The van der Waals surface area contributed by atoms with E-state index >= 15 is 0 Å². The Hall–Kier alpha value is -2.81. The Labute approximate surface area is 209 Å². The van der Waals surface area contributed by atoms with Crippen LogP contribution in [-0.2, 0) is 17.8 Å². The average Bonchev–Trinajstić information content (AvgIpc) is 3.56. The van der Waals surface area contributed by atoms with E-state index in [4.69, 9.17) is 15.1 Å². The van der Waals surface area contributed by atoms with Crippen LogP contribution >= 0.6 is 11.3 Å². The zero-order valence-corrected chi connectivity index (χ0v) is 20.8. The normalized spacial score (nSPS) is 18.4. The van der Waals surface area contributed by atoms with Gasteiger partial charge in [-0.1, -0.05) is 30.4 Å². The van der Waals surface area contributed by atoms with Crippen LogP contribution in [0.5, 0.6) is 0 Å². The predicted octanol–water partition coefficient (Wildman–Crippen LogP) is 3.55. The lowest BCUT2D eigenvalue weighted by Gasteiger charge is -2.34. The number of allylic oxidation sites excluding steroid dienone is 1. The molecule has 182 valence electrons. The molecule has 8 heteroatoms. The topological polar surface area (TPSA) is 72.8 Å². The molecule has 3 aliphatic rings. The lowest BCUT2D eigenvalue weighted by molar-refractivity contribution is -0.135. The van der Waals surface area contributed by atoms with E-state index in [0.717, 1.165) is 61.0 Å². The van der Waals surface area contributed by atoms with Gasteiger partial charge in [-0.2, -0.15) is 0 Å². The Bertz CT molecular complexity index is 1270. The lowest BCUT2D eigenvalue weighted by atomic mass is 10.0. The Morgan fingerprint density at radius 2 is 1.86 bits per heavy atom. The zero-order chi connectivity index (χ0) is 23.8. The van der Waals surface area contributed by atoms with Crippen molar-refractivity contribution in [2.24, 2.45) is 0 Å². The monoisotopic (exact) mass is 489 g/mol. The molecule has 0 spiro atoms. The molecule has 2 aliphatic heterocycles. The highest BCUT2D eigenvalue weighted by Gasteiger charge is 2.25. The SMILES string of the molecule is O=C(CO)N1CCN(Cc2csc3c(-c4cccc5c4C=CC5)nc(N4CCCCC4)nc23)CC1. The van der Waals surface area contributed by atoms with E-state index in [1.54, 1.807) is 16.2 Å². The summed E-state index contributed by atoms with van der Waals surface area (Å²) in [7, 11) is 0. The van der Waals surface area contributed by atoms with Crippen LogP contribution < -0.4 is 4.90 Å². The largest absolute Gasteiger partial charge is 0.387 e. The maximum atomic E-state index is 11.8. The average molecular weight is 490 g/mol. The number of amides is 1. The Morgan fingerprint density at radius 1 is 1.03 bits per heavy atom. The van der Waals surface area contributed by atoms with Gasteiger partial charge in [-0.15, -0.1) is 11.3 Å². The third kappa shape index (κ3) is 4.35. The van der Waals surface area contributed by atoms with Gasteiger partial charge < -0.3 is 14.9 Å². The molecule has 2 saturated heterocycles. The van der Waals surface area contributed by atoms with Crippen LogP contribution in [-0.4, -0.2) is 76.7 Å². The lowest BCUT2D eigenvalue weighted by Crippen LogP contribution is -2.49. The van der Waals surface area contributed by atoms with Gasteiger partial charge >= 0.3 is 0 Å². The van der Waals surface area contributed by atoms with Crippen LogP contribution in [0.2, 0.25) is 0 Å². The summed E-state index contributed by atoms with van der Waals surface area (Å²) in [6.45, 7) is 5.34. The van der Waals surface area contributed by atoms with Crippen LogP contribution in [0.4, 0.5) is 5.95 Å². The maximum absolute atomic E-state index is 11.8. The number of rotatable bonds is 5. The molecule has 2 fully saturated rings. The standard InChI is InChI=1S/C27H31N5O2S/c33-17-23(34)31-14-12-30(13-15-31)16-20-18-35-26-24(20)28-27(32-10-2-1-3-11-32)29-25(26)22-9-5-7-19-6-4-8-21(19)22/h4-5,7-9,18,33H,1-3,6,10-17H2. The maximum Gasteiger partial charge on any atom is 0.248 e. The van der Waals surface area contributed by atoms with E-state index in [9.17, 15) is 4.79 Å². The Balaban J connectivity index is 1.37. The summed E-state index contributed by atoms with van der Waals surface area (Å²) < 4.78 is 1.16. The van der Waals surface area contributed by atoms with Crippen molar-refractivity contribution in [1.29, 1.82) is 0 Å². The van der Waals surface area contributed by atoms with E-state index in [1.165, 1.54) is 41.5 Å². The van der Waals surface area contributed by atoms with Crippen LogP contribution in [0.25, 0.3) is 27.6 Å². The molecule has 3 aromatic rings. The van der Waals surface area contributed by atoms with Crippen molar-refractivity contribution in [3.63, 3.8) is 0 Å². The number of anilines is 1. The van der Waals surface area contributed by atoms with Gasteiger partial charge in [-0.25, -0.2) is 9.97 Å². The van der Waals surface area contributed by atoms with E-state index in [0.29, 0.717) is 13.1 Å². The quantitative estimate of drug-likeness (QED) is 0.591. The number of piperazine rings is 1. The molecule has 1 aromatic carbocycles. The summed E-state index contributed by atoms with van der Waals surface area (Å²) in [6, 6.07) is 6.56. The van der Waals surface area contributed by atoms with E-state index in [-0.39, 0.29) is 5.91 Å². The first-order valence-corrected chi connectivity index (χ1v) is 13.5. The van der Waals surface area contributed by atoms with Gasteiger partial charge in [-0.05, 0) is 42.2 Å². The first-order valence-electron chi connectivity index (χ1n) is 12.6. The van der Waals surface area contributed by atoms with Gasteiger partial charge in [0.25, 0.3) is 0 Å². The molecule has 6 rings (SSSR count). The highest BCUT2D eigenvalue weighted by atomic mass is 32.1. The number of nitrogens with zero attached hydrogens (tertiary/aromatic N) is 5. The zero-order valence-electron chi connectivity index (χ0n) is 19.9. The van der Waals surface area contributed by atoms with E-state index in [2.05, 4.69) is 45.5 Å². The van der Waals surface area contributed by atoms with Gasteiger partial charge in [0.1, 0.15) is 6.61 Å². The van der Waals surface area contributed by atoms with Gasteiger partial charge in [0, 0.05) is 56.9 Å². The predicted molar refractivity (Wildman–Crippen MR) is 141 cm³/mol. The summed E-state index contributed by atoms with van der Waals surface area (Å²) in [5.41, 5.74) is 7.20. The minimum atomic E-state index is -0.410. The number of carbonyl (C=O) groups excluding carboxylic acids is 1. The molecule has 1 aliphatic carbocycles. The van der Waals surface area contributed by atoms with Crippen molar-refractivity contribution in [2.75, 3.05) is 50.8 Å². The highest BCUT2D eigenvalue weighted by molar-refractivity contribution is 7.17. The van der Waals surface area contributed by atoms with Crippen LogP contribution in [0.1, 0.15) is 36.0 Å². The summed E-state index contributed by atoms with van der Waals surface area (Å²) in [5.74, 6) is 0.670. The second-order valence-corrected chi connectivity index (χ2v) is 10.5. The molecule has 4 heterocycles. The van der Waals surface area contributed by atoms with E-state index in [1.807, 2.05) is 0 Å². The van der Waals surface area contributed by atoms with Crippen molar-refractivity contribution < 1.29 is 9.90 Å². The molecule has 1 amide bonds. The van der Waals surface area contributed by atoms with Gasteiger partial charge in [-0.3, -0.25) is 9.69 Å². The summed E-state index contributed by atoms with van der Waals surface area (Å²) in [5, 5.41) is 11.4. The number of piperidine rings is 1. The molecule has 7 nitrogen and oxygen atoms in total. The molecule has 0 saturated carbocycles. The number of aromatic nitrogens is 2. The number of hydrogen-bond donors (Lipinski definition) is 1. The minimum Gasteiger partial charge on any atom is -0.387 e. The summed E-state index contributed by atoms with van der Waals surface area (Å²) >= 11 is 1.74. The Morgan fingerprint density at radius 3 is 2.66 bits per heavy atom. The third-order valence-electron chi connectivity index (χ3n) is 7.44. The molecular weight excluding hydrogens is 458 g/mol. The molecule has 2 aromatic heterocycles. The van der Waals surface area contributed by atoms with Crippen molar-refractivity contribution >= 4 is 39.5 Å². The highest BCUT2D eigenvalue weighted by Crippen LogP contribution is 2.39. The second kappa shape index (κ2) is 9.68. The van der Waals surface area contributed by atoms with Crippen LogP contribution in [0.15, 0.2) is 29.7 Å². The molecule has 0 unspecified atom stereocenters. The molecule has 0 bridgehead atoms. The number of hydrogen-bond acceptors (Lipinski definition) is 7. The number of thiophene rings is 1. The third-order valence-corrected chi connectivity index (χ3v) is 8.47. The van der Waals surface area contributed by atoms with Gasteiger partial charge in [0.2, 0.25) is 11.9 Å². The fraction of sp³-hybridized carbons (Fsp3) is 0.444. The number of carbonyl (C=O) groups is 1. The molecule has 0 atom stereocenters.